The minimum atomic E-state index is -0.130. The van der Waals surface area contributed by atoms with Crippen LogP contribution in [0.2, 0.25) is 0 Å². The van der Waals surface area contributed by atoms with Gasteiger partial charge in [-0.05, 0) is 47.0 Å². The van der Waals surface area contributed by atoms with Crippen LogP contribution in [0.3, 0.4) is 0 Å². The highest BCUT2D eigenvalue weighted by molar-refractivity contribution is 9.10. The van der Waals surface area contributed by atoms with Gasteiger partial charge in [0.1, 0.15) is 5.69 Å². The minimum absolute atomic E-state index is 0.130. The van der Waals surface area contributed by atoms with Gasteiger partial charge in [0.05, 0.1) is 5.69 Å². The van der Waals surface area contributed by atoms with Crippen LogP contribution >= 0.6 is 15.9 Å². The van der Waals surface area contributed by atoms with Gasteiger partial charge in [-0.25, -0.2) is 9.97 Å². The Bertz CT molecular complexity index is 686. The van der Waals surface area contributed by atoms with E-state index in [1.807, 2.05) is 24.3 Å². The van der Waals surface area contributed by atoms with Gasteiger partial charge in [-0.3, -0.25) is 4.79 Å². The van der Waals surface area contributed by atoms with Crippen molar-refractivity contribution in [1.29, 1.82) is 0 Å². The second kappa shape index (κ2) is 7.55. The first-order valence-corrected chi connectivity index (χ1v) is 8.67. The molecule has 1 heterocycles. The number of para-hydroxylation sites is 1. The van der Waals surface area contributed by atoms with Gasteiger partial charge in [-0.15, -0.1) is 0 Å². The van der Waals surface area contributed by atoms with E-state index in [0.717, 1.165) is 23.0 Å². The topological polar surface area (TPSA) is 66.9 Å². The first-order chi connectivity index (χ1) is 11.2. The van der Waals surface area contributed by atoms with Gasteiger partial charge in [0.25, 0.3) is 5.91 Å². The number of amides is 1. The Kier molecular flexibility index (Phi) is 5.23. The number of hydrogen-bond acceptors (Lipinski definition) is 4. The van der Waals surface area contributed by atoms with Gasteiger partial charge in [-0.2, -0.15) is 0 Å². The third-order valence-corrected chi connectivity index (χ3v) is 4.64. The summed E-state index contributed by atoms with van der Waals surface area (Å²) in [6.45, 7) is 0. The monoisotopic (exact) mass is 374 g/mol. The number of anilines is 2. The molecule has 1 aliphatic rings. The molecular formula is C17H19BrN4O. The molecule has 2 N–H and O–H groups in total. The number of halogens is 1. The van der Waals surface area contributed by atoms with E-state index in [-0.39, 0.29) is 11.9 Å². The molecule has 120 valence electrons. The van der Waals surface area contributed by atoms with Crippen molar-refractivity contribution in [3.63, 3.8) is 0 Å². The number of benzene rings is 1. The highest BCUT2D eigenvalue weighted by atomic mass is 79.9. The van der Waals surface area contributed by atoms with Crippen LogP contribution < -0.4 is 10.6 Å². The van der Waals surface area contributed by atoms with E-state index < -0.39 is 0 Å². The third-order valence-electron chi connectivity index (χ3n) is 3.95. The Balaban J connectivity index is 1.69. The second-order valence-electron chi connectivity index (χ2n) is 5.68. The molecule has 0 saturated heterocycles. The number of nitrogens with zero attached hydrogens (tertiary/aromatic N) is 2. The van der Waals surface area contributed by atoms with E-state index >= 15 is 0 Å². The lowest BCUT2D eigenvalue weighted by molar-refractivity contribution is 0.0922. The highest BCUT2D eigenvalue weighted by Crippen LogP contribution is 2.23. The molecule has 1 saturated carbocycles. The summed E-state index contributed by atoms with van der Waals surface area (Å²) in [4.78, 5) is 20.8. The van der Waals surface area contributed by atoms with E-state index in [1.165, 1.54) is 19.3 Å². The first-order valence-electron chi connectivity index (χ1n) is 7.88. The molecule has 1 aliphatic carbocycles. The van der Waals surface area contributed by atoms with Crippen molar-refractivity contribution < 1.29 is 4.79 Å². The summed E-state index contributed by atoms with van der Waals surface area (Å²) < 4.78 is 0.917. The van der Waals surface area contributed by atoms with E-state index in [2.05, 4.69) is 36.5 Å². The molecule has 1 amide bonds. The smallest absolute Gasteiger partial charge is 0.270 e. The molecule has 0 aliphatic heterocycles. The fraction of sp³-hybridized carbons (Fsp3) is 0.353. The quantitative estimate of drug-likeness (QED) is 0.846. The molecular weight excluding hydrogens is 356 g/mol. The predicted octanol–water partition coefficient (Wildman–Crippen LogP) is 4.05. The molecule has 0 unspecified atom stereocenters. The van der Waals surface area contributed by atoms with Crippen LogP contribution in [0.4, 0.5) is 11.6 Å². The van der Waals surface area contributed by atoms with Crippen molar-refractivity contribution in [3.8, 4) is 0 Å². The van der Waals surface area contributed by atoms with Crippen LogP contribution in [0.5, 0.6) is 0 Å². The zero-order chi connectivity index (χ0) is 16.1. The van der Waals surface area contributed by atoms with Crippen LogP contribution in [-0.2, 0) is 0 Å². The Morgan fingerprint density at radius 1 is 1.13 bits per heavy atom. The Morgan fingerprint density at radius 2 is 1.91 bits per heavy atom. The van der Waals surface area contributed by atoms with Crippen molar-refractivity contribution in [3.05, 3.63) is 46.7 Å². The molecule has 1 aromatic heterocycles. The molecule has 0 radical (unpaired) electrons. The Labute approximate surface area is 144 Å². The molecule has 6 heteroatoms. The molecule has 3 rings (SSSR count). The van der Waals surface area contributed by atoms with Crippen molar-refractivity contribution in [2.75, 3.05) is 5.32 Å². The summed E-state index contributed by atoms with van der Waals surface area (Å²) in [5, 5.41) is 6.19. The lowest BCUT2D eigenvalue weighted by atomic mass is 9.95. The third kappa shape index (κ3) is 4.28. The fourth-order valence-electron chi connectivity index (χ4n) is 2.73. The predicted molar refractivity (Wildman–Crippen MR) is 93.8 cm³/mol. The Hall–Kier alpha value is -1.95. The van der Waals surface area contributed by atoms with Crippen LogP contribution in [0.15, 0.2) is 41.0 Å². The summed E-state index contributed by atoms with van der Waals surface area (Å²) >= 11 is 3.47. The van der Waals surface area contributed by atoms with Gasteiger partial charge in [0, 0.05) is 16.7 Å². The molecule has 0 spiro atoms. The van der Waals surface area contributed by atoms with Gasteiger partial charge >= 0.3 is 0 Å². The molecule has 2 aromatic rings. The number of carbonyl (C=O) groups is 1. The maximum Gasteiger partial charge on any atom is 0.270 e. The van der Waals surface area contributed by atoms with Gasteiger partial charge in [-0.1, -0.05) is 31.4 Å². The molecule has 5 nitrogen and oxygen atoms in total. The minimum Gasteiger partial charge on any atom is -0.348 e. The van der Waals surface area contributed by atoms with Gasteiger partial charge < -0.3 is 10.6 Å². The Morgan fingerprint density at radius 3 is 2.70 bits per heavy atom. The summed E-state index contributed by atoms with van der Waals surface area (Å²) in [5.74, 6) is 0.280. The van der Waals surface area contributed by atoms with Crippen molar-refractivity contribution >= 4 is 33.5 Å². The standard InChI is InChI=1S/C17H19BrN4O/c18-13-8-4-5-9-14(13)21-17-19-11-10-15(22-17)16(23)20-12-6-2-1-3-7-12/h4-5,8-12H,1-3,6-7H2,(H,20,23)(H,19,21,22). The number of carbonyl (C=O) groups excluding carboxylic acids is 1. The van der Waals surface area contributed by atoms with Crippen LogP contribution in [0.1, 0.15) is 42.6 Å². The zero-order valence-electron chi connectivity index (χ0n) is 12.8. The van der Waals surface area contributed by atoms with Crippen molar-refractivity contribution in [1.82, 2.24) is 15.3 Å². The van der Waals surface area contributed by atoms with E-state index in [9.17, 15) is 4.79 Å². The maximum absolute atomic E-state index is 12.3. The van der Waals surface area contributed by atoms with Crippen LogP contribution in [0, 0.1) is 0 Å². The van der Waals surface area contributed by atoms with Gasteiger partial charge in [0.15, 0.2) is 0 Å². The van der Waals surface area contributed by atoms with E-state index in [4.69, 9.17) is 0 Å². The van der Waals surface area contributed by atoms with E-state index in [0.29, 0.717) is 11.6 Å². The number of hydrogen-bond donors (Lipinski definition) is 2. The lowest BCUT2D eigenvalue weighted by Crippen LogP contribution is -2.36. The largest absolute Gasteiger partial charge is 0.348 e. The number of nitrogens with one attached hydrogen (secondary N) is 2. The number of rotatable bonds is 4. The van der Waals surface area contributed by atoms with Crippen LogP contribution in [0.25, 0.3) is 0 Å². The lowest BCUT2D eigenvalue weighted by Gasteiger charge is -2.22. The molecule has 23 heavy (non-hydrogen) atoms. The van der Waals surface area contributed by atoms with Crippen LogP contribution in [-0.4, -0.2) is 21.9 Å². The SMILES string of the molecule is O=C(NC1CCCCC1)c1ccnc(Nc2ccccc2Br)n1. The highest BCUT2D eigenvalue weighted by Gasteiger charge is 2.17. The zero-order valence-corrected chi connectivity index (χ0v) is 14.3. The number of aromatic nitrogens is 2. The molecule has 0 atom stereocenters. The summed E-state index contributed by atoms with van der Waals surface area (Å²) in [6, 6.07) is 9.62. The molecule has 0 bridgehead atoms. The summed E-state index contributed by atoms with van der Waals surface area (Å²) in [7, 11) is 0. The summed E-state index contributed by atoms with van der Waals surface area (Å²) in [6.07, 6.45) is 7.34. The van der Waals surface area contributed by atoms with Crippen molar-refractivity contribution in [2.45, 2.75) is 38.1 Å². The fourth-order valence-corrected chi connectivity index (χ4v) is 3.12. The maximum atomic E-state index is 12.3. The van der Waals surface area contributed by atoms with E-state index in [1.54, 1.807) is 12.3 Å². The molecule has 1 fully saturated rings. The normalized spacial score (nSPS) is 15.2. The van der Waals surface area contributed by atoms with Crippen molar-refractivity contribution in [2.24, 2.45) is 0 Å². The first kappa shape index (κ1) is 15.9. The second-order valence-corrected chi connectivity index (χ2v) is 6.53. The average molecular weight is 375 g/mol. The summed E-state index contributed by atoms with van der Waals surface area (Å²) in [5.41, 5.74) is 1.25. The van der Waals surface area contributed by atoms with Gasteiger partial charge in [0.2, 0.25) is 5.95 Å². The molecule has 1 aromatic carbocycles. The average Bonchev–Trinajstić information content (AvgIpc) is 2.58.